The molecule has 0 radical (unpaired) electrons. The average Bonchev–Trinajstić information content (AvgIpc) is 3.05. The number of aliphatic carboxylic acids is 1. The molecule has 0 aliphatic rings. The first-order chi connectivity index (χ1) is 13.8. The molecular formula is C19H14Cl2FN3O4. The molecule has 3 rings (SSSR count). The summed E-state index contributed by atoms with van der Waals surface area (Å²) in [6, 6.07) is 9.82. The Morgan fingerprint density at radius 2 is 1.86 bits per heavy atom. The molecule has 0 unspecified atom stereocenters. The summed E-state index contributed by atoms with van der Waals surface area (Å²) in [5.74, 6) is -2.35. The number of amides is 1. The molecule has 3 aromatic rings. The predicted molar refractivity (Wildman–Crippen MR) is 105 cm³/mol. The van der Waals surface area contributed by atoms with Crippen LogP contribution in [0.25, 0.3) is 5.69 Å². The summed E-state index contributed by atoms with van der Waals surface area (Å²) in [6.07, 6.45) is -0.450. The van der Waals surface area contributed by atoms with Crippen molar-refractivity contribution in [3.8, 4) is 5.69 Å². The molecule has 1 amide bonds. The van der Waals surface area contributed by atoms with Gasteiger partial charge in [0.25, 0.3) is 11.5 Å². The van der Waals surface area contributed by atoms with Crippen LogP contribution >= 0.6 is 23.2 Å². The van der Waals surface area contributed by atoms with Gasteiger partial charge in [-0.05, 0) is 35.9 Å². The normalized spacial score (nSPS) is 11.8. The second-order valence-corrected chi connectivity index (χ2v) is 6.87. The Morgan fingerprint density at radius 1 is 1.17 bits per heavy atom. The molecule has 7 nitrogen and oxygen atoms in total. The fourth-order valence-electron chi connectivity index (χ4n) is 2.73. The average molecular weight is 438 g/mol. The molecule has 1 aromatic heterocycles. The van der Waals surface area contributed by atoms with E-state index in [4.69, 9.17) is 23.2 Å². The minimum atomic E-state index is -1.16. The zero-order valence-corrected chi connectivity index (χ0v) is 16.2. The van der Waals surface area contributed by atoms with Crippen molar-refractivity contribution in [3.05, 3.63) is 86.0 Å². The fraction of sp³-hybridized carbons (Fsp3) is 0.105. The number of nitrogens with zero attached hydrogens (tertiary/aromatic N) is 1. The van der Waals surface area contributed by atoms with Crippen LogP contribution in [-0.2, 0) is 4.79 Å². The fourth-order valence-corrected chi connectivity index (χ4v) is 3.17. The number of hydrogen-bond acceptors (Lipinski definition) is 3. The third kappa shape index (κ3) is 4.67. The molecular weight excluding hydrogens is 424 g/mol. The number of halogens is 3. The van der Waals surface area contributed by atoms with Gasteiger partial charge in [0.15, 0.2) is 0 Å². The smallest absolute Gasteiger partial charge is 0.305 e. The van der Waals surface area contributed by atoms with Crippen molar-refractivity contribution in [2.45, 2.75) is 12.5 Å². The Labute approximate surface area is 173 Å². The molecule has 0 spiro atoms. The zero-order chi connectivity index (χ0) is 21.1. The van der Waals surface area contributed by atoms with Gasteiger partial charge in [-0.15, -0.1) is 0 Å². The highest BCUT2D eigenvalue weighted by molar-refractivity contribution is 6.42. The lowest BCUT2D eigenvalue weighted by atomic mass is 10.0. The Balaban J connectivity index is 1.89. The van der Waals surface area contributed by atoms with Gasteiger partial charge in [-0.2, -0.15) is 0 Å². The molecule has 0 fully saturated rings. The summed E-state index contributed by atoms with van der Waals surface area (Å²) in [5, 5.41) is 14.7. The number of H-pyrrole nitrogens is 1. The first kappa shape index (κ1) is 20.6. The Bertz CT molecular complexity index is 1130. The standard InChI is InChI=1S/C19H14Cl2FN3O4/c20-13-3-1-2-12(18(13)21)14(9-17(27)28)23-19(29)15-8-16(26)25(24-15)11-6-4-10(22)5-7-11/h1-8,14,24H,9H2,(H,23,29)(H,27,28)/t14-/m0/s1. The van der Waals surface area contributed by atoms with Gasteiger partial charge in [0.05, 0.1) is 28.2 Å². The molecule has 1 heterocycles. The Hall–Kier alpha value is -3.10. The number of rotatable bonds is 6. The first-order valence-electron chi connectivity index (χ1n) is 8.31. The molecule has 10 heteroatoms. The van der Waals surface area contributed by atoms with Crippen molar-refractivity contribution in [3.63, 3.8) is 0 Å². The highest BCUT2D eigenvalue weighted by Crippen LogP contribution is 2.31. The summed E-state index contributed by atoms with van der Waals surface area (Å²) in [4.78, 5) is 36.1. The second-order valence-electron chi connectivity index (χ2n) is 6.09. The van der Waals surface area contributed by atoms with Crippen LogP contribution in [0.1, 0.15) is 28.5 Å². The van der Waals surface area contributed by atoms with Crippen molar-refractivity contribution in [1.29, 1.82) is 0 Å². The van der Waals surface area contributed by atoms with Gasteiger partial charge >= 0.3 is 5.97 Å². The number of nitrogens with one attached hydrogen (secondary N) is 2. The molecule has 0 aliphatic heterocycles. The minimum Gasteiger partial charge on any atom is -0.481 e. The topological polar surface area (TPSA) is 104 Å². The van der Waals surface area contributed by atoms with Gasteiger partial charge in [0.1, 0.15) is 11.5 Å². The van der Waals surface area contributed by atoms with E-state index in [1.54, 1.807) is 12.1 Å². The van der Waals surface area contributed by atoms with E-state index in [1.165, 1.54) is 30.3 Å². The molecule has 0 saturated carbocycles. The van der Waals surface area contributed by atoms with Crippen LogP contribution in [0.3, 0.4) is 0 Å². The highest BCUT2D eigenvalue weighted by Gasteiger charge is 2.23. The van der Waals surface area contributed by atoms with Crippen molar-refractivity contribution >= 4 is 35.1 Å². The van der Waals surface area contributed by atoms with Crippen molar-refractivity contribution in [2.75, 3.05) is 0 Å². The van der Waals surface area contributed by atoms with Gasteiger partial charge in [-0.25, -0.2) is 9.07 Å². The van der Waals surface area contributed by atoms with E-state index in [9.17, 15) is 23.9 Å². The molecule has 29 heavy (non-hydrogen) atoms. The van der Waals surface area contributed by atoms with Gasteiger partial charge in [-0.3, -0.25) is 19.5 Å². The summed E-state index contributed by atoms with van der Waals surface area (Å²) in [7, 11) is 0. The van der Waals surface area contributed by atoms with Crippen LogP contribution in [-0.4, -0.2) is 26.8 Å². The maximum absolute atomic E-state index is 13.1. The summed E-state index contributed by atoms with van der Waals surface area (Å²) in [5.41, 5.74) is 0.0100. The highest BCUT2D eigenvalue weighted by atomic mass is 35.5. The van der Waals surface area contributed by atoms with E-state index in [1.807, 2.05) is 0 Å². The van der Waals surface area contributed by atoms with Crippen molar-refractivity contribution < 1.29 is 19.1 Å². The van der Waals surface area contributed by atoms with Gasteiger partial charge < -0.3 is 10.4 Å². The van der Waals surface area contributed by atoms with E-state index < -0.39 is 35.7 Å². The van der Waals surface area contributed by atoms with Gasteiger partial charge in [0, 0.05) is 6.07 Å². The lowest BCUT2D eigenvalue weighted by Gasteiger charge is -2.18. The molecule has 150 valence electrons. The number of aromatic amines is 1. The van der Waals surface area contributed by atoms with E-state index in [-0.39, 0.29) is 15.7 Å². The lowest BCUT2D eigenvalue weighted by Crippen LogP contribution is -2.30. The molecule has 2 aromatic carbocycles. The van der Waals surface area contributed by atoms with Crippen LogP contribution in [0.4, 0.5) is 4.39 Å². The van der Waals surface area contributed by atoms with Crippen LogP contribution in [0.2, 0.25) is 10.0 Å². The van der Waals surface area contributed by atoms with Crippen LogP contribution < -0.4 is 10.9 Å². The first-order valence-corrected chi connectivity index (χ1v) is 9.06. The number of carbonyl (C=O) groups is 2. The number of aromatic nitrogens is 2. The third-order valence-electron chi connectivity index (χ3n) is 4.09. The summed E-state index contributed by atoms with van der Waals surface area (Å²) in [6.45, 7) is 0. The van der Waals surface area contributed by atoms with Crippen LogP contribution in [0.5, 0.6) is 0 Å². The number of hydrogen-bond donors (Lipinski definition) is 3. The minimum absolute atomic E-state index is 0.104. The maximum atomic E-state index is 13.1. The van der Waals surface area contributed by atoms with Gasteiger partial charge in [-0.1, -0.05) is 35.3 Å². The Kier molecular flexibility index (Phi) is 6.05. The van der Waals surface area contributed by atoms with E-state index in [0.29, 0.717) is 11.3 Å². The lowest BCUT2D eigenvalue weighted by molar-refractivity contribution is -0.137. The van der Waals surface area contributed by atoms with Crippen molar-refractivity contribution in [1.82, 2.24) is 15.1 Å². The second kappa shape index (κ2) is 8.50. The third-order valence-corrected chi connectivity index (χ3v) is 4.92. The number of benzene rings is 2. The number of carbonyl (C=O) groups excluding carboxylic acids is 1. The molecule has 0 aliphatic carbocycles. The molecule has 3 N–H and O–H groups in total. The van der Waals surface area contributed by atoms with Crippen molar-refractivity contribution in [2.24, 2.45) is 0 Å². The number of carboxylic acids is 1. The van der Waals surface area contributed by atoms with E-state index in [2.05, 4.69) is 10.4 Å². The SMILES string of the molecule is O=C(O)C[C@H](NC(=O)c1cc(=O)n(-c2ccc(F)cc2)[nH]1)c1cccc(Cl)c1Cl. The van der Waals surface area contributed by atoms with E-state index in [0.717, 1.165) is 10.7 Å². The molecule has 0 saturated heterocycles. The molecule has 1 atom stereocenters. The summed E-state index contributed by atoms with van der Waals surface area (Å²) >= 11 is 12.1. The van der Waals surface area contributed by atoms with E-state index >= 15 is 0 Å². The van der Waals surface area contributed by atoms with Gasteiger partial charge in [0.2, 0.25) is 0 Å². The maximum Gasteiger partial charge on any atom is 0.305 e. The summed E-state index contributed by atoms with van der Waals surface area (Å²) < 4.78 is 14.1. The molecule has 0 bridgehead atoms. The monoisotopic (exact) mass is 437 g/mol. The largest absolute Gasteiger partial charge is 0.481 e. The Morgan fingerprint density at radius 3 is 2.52 bits per heavy atom. The zero-order valence-electron chi connectivity index (χ0n) is 14.7. The van der Waals surface area contributed by atoms with Crippen LogP contribution in [0.15, 0.2) is 53.3 Å². The predicted octanol–water partition coefficient (Wildman–Crippen LogP) is 3.56. The quantitative estimate of drug-likeness (QED) is 0.548. The number of carboxylic acid groups (broad SMARTS) is 1. The van der Waals surface area contributed by atoms with Crippen LogP contribution in [0, 0.1) is 5.82 Å².